The molecule has 19 heavy (non-hydrogen) atoms. The van der Waals surface area contributed by atoms with Crippen LogP contribution >= 0.6 is 11.3 Å². The Kier molecular flexibility index (Phi) is 3.53. The predicted molar refractivity (Wildman–Crippen MR) is 70.2 cm³/mol. The van der Waals surface area contributed by atoms with Gasteiger partial charge in [0.15, 0.2) is 0 Å². The van der Waals surface area contributed by atoms with Crippen molar-refractivity contribution in [1.29, 1.82) is 0 Å². The van der Waals surface area contributed by atoms with Gasteiger partial charge in [0.25, 0.3) is 0 Å². The molecule has 0 aliphatic rings. The summed E-state index contributed by atoms with van der Waals surface area (Å²) < 4.78 is 31.3. The molecule has 0 unspecified atom stereocenters. The minimum atomic E-state index is -0.694. The van der Waals surface area contributed by atoms with Crippen LogP contribution in [0.5, 0.6) is 0 Å². The second-order valence-electron chi connectivity index (χ2n) is 3.91. The highest BCUT2D eigenvalue weighted by atomic mass is 32.1. The van der Waals surface area contributed by atoms with Crippen molar-refractivity contribution >= 4 is 23.0 Å². The summed E-state index contributed by atoms with van der Waals surface area (Å²) in [5, 5.41) is 0. The average molecular weight is 283 g/mol. The third-order valence-corrected chi connectivity index (χ3v) is 4.06. The molecule has 1 heterocycles. The average Bonchev–Trinajstić information content (AvgIpc) is 2.66. The minimum absolute atomic E-state index is 0.214. The highest BCUT2D eigenvalue weighted by Crippen LogP contribution is 2.39. The molecular formula is C13H11F2NO2S. The number of hydrogen-bond acceptors (Lipinski definition) is 4. The molecule has 2 rings (SSSR count). The Bertz CT molecular complexity index is 652. The second kappa shape index (κ2) is 4.97. The molecule has 100 valence electrons. The normalized spacial score (nSPS) is 10.5. The lowest BCUT2D eigenvalue weighted by Crippen LogP contribution is -2.01. The minimum Gasteiger partial charge on any atom is -0.465 e. The Morgan fingerprint density at radius 1 is 1.37 bits per heavy atom. The highest BCUT2D eigenvalue weighted by Gasteiger charge is 2.21. The van der Waals surface area contributed by atoms with Crippen molar-refractivity contribution in [2.24, 2.45) is 0 Å². The molecule has 0 spiro atoms. The fraction of sp³-hybridized carbons (Fsp3) is 0.154. The molecule has 0 atom stereocenters. The summed E-state index contributed by atoms with van der Waals surface area (Å²) in [5.41, 5.74) is 6.86. The first-order valence-electron chi connectivity index (χ1n) is 5.38. The molecule has 0 aliphatic carbocycles. The number of halogens is 2. The van der Waals surface area contributed by atoms with E-state index < -0.39 is 17.6 Å². The quantitative estimate of drug-likeness (QED) is 0.860. The molecule has 0 amide bonds. The van der Waals surface area contributed by atoms with Crippen molar-refractivity contribution in [2.75, 3.05) is 12.8 Å². The van der Waals surface area contributed by atoms with Crippen molar-refractivity contribution in [3.63, 3.8) is 0 Å². The van der Waals surface area contributed by atoms with Crippen molar-refractivity contribution in [3.8, 4) is 10.4 Å². The van der Waals surface area contributed by atoms with Gasteiger partial charge in [-0.25, -0.2) is 13.6 Å². The van der Waals surface area contributed by atoms with E-state index >= 15 is 0 Å². The molecule has 0 fully saturated rings. The van der Waals surface area contributed by atoms with Gasteiger partial charge in [0.2, 0.25) is 0 Å². The molecule has 0 radical (unpaired) electrons. The van der Waals surface area contributed by atoms with Gasteiger partial charge in [0.1, 0.15) is 16.5 Å². The lowest BCUT2D eigenvalue weighted by atomic mass is 10.1. The first-order valence-corrected chi connectivity index (χ1v) is 6.20. The van der Waals surface area contributed by atoms with Crippen LogP contribution in [-0.2, 0) is 4.74 Å². The number of nitrogens with two attached hydrogens (primary N) is 1. The third kappa shape index (κ3) is 2.31. The van der Waals surface area contributed by atoms with Crippen molar-refractivity contribution < 1.29 is 18.3 Å². The summed E-state index contributed by atoms with van der Waals surface area (Å²) in [7, 11) is 1.25. The fourth-order valence-electron chi connectivity index (χ4n) is 1.70. The largest absolute Gasteiger partial charge is 0.465 e. The first-order chi connectivity index (χ1) is 8.95. The summed E-state index contributed by atoms with van der Waals surface area (Å²) in [5.74, 6) is -1.92. The lowest BCUT2D eigenvalue weighted by Gasteiger charge is -2.02. The van der Waals surface area contributed by atoms with Crippen LogP contribution in [0.4, 0.5) is 14.5 Å². The van der Waals surface area contributed by atoms with E-state index in [1.165, 1.54) is 13.2 Å². The van der Waals surface area contributed by atoms with E-state index in [9.17, 15) is 13.6 Å². The van der Waals surface area contributed by atoms with Crippen LogP contribution in [0.3, 0.4) is 0 Å². The number of benzene rings is 1. The maximum Gasteiger partial charge on any atom is 0.350 e. The standard InChI is InChI=1S/C13H11F2NO2S/c1-6-10(16)12(13(17)18-2)19-11(6)8-4-3-7(14)5-9(8)15/h3-5H,16H2,1-2H3. The van der Waals surface area contributed by atoms with Gasteiger partial charge in [-0.2, -0.15) is 0 Å². The topological polar surface area (TPSA) is 52.3 Å². The van der Waals surface area contributed by atoms with Gasteiger partial charge in [-0.1, -0.05) is 0 Å². The van der Waals surface area contributed by atoms with Gasteiger partial charge < -0.3 is 10.5 Å². The zero-order valence-electron chi connectivity index (χ0n) is 10.3. The molecule has 0 saturated heterocycles. The van der Waals surface area contributed by atoms with Gasteiger partial charge in [0.05, 0.1) is 12.8 Å². The number of thiophene rings is 1. The summed E-state index contributed by atoms with van der Waals surface area (Å²) in [6, 6.07) is 3.28. The highest BCUT2D eigenvalue weighted by molar-refractivity contribution is 7.18. The number of carbonyl (C=O) groups excluding carboxylic acids is 1. The van der Waals surface area contributed by atoms with Crippen molar-refractivity contribution in [1.82, 2.24) is 0 Å². The number of ether oxygens (including phenoxy) is 1. The van der Waals surface area contributed by atoms with E-state index in [1.807, 2.05) is 0 Å². The number of anilines is 1. The second-order valence-corrected chi connectivity index (χ2v) is 4.94. The predicted octanol–water partition coefficient (Wildman–Crippen LogP) is 3.37. The third-order valence-electron chi connectivity index (χ3n) is 2.74. The Morgan fingerprint density at radius 2 is 2.05 bits per heavy atom. The van der Waals surface area contributed by atoms with Gasteiger partial charge >= 0.3 is 5.97 Å². The Hall–Kier alpha value is -1.95. The Morgan fingerprint density at radius 3 is 2.63 bits per heavy atom. The SMILES string of the molecule is COC(=O)c1sc(-c2ccc(F)cc2F)c(C)c1N. The summed E-state index contributed by atoms with van der Waals surface area (Å²) in [6.45, 7) is 1.68. The molecule has 0 bridgehead atoms. The smallest absolute Gasteiger partial charge is 0.350 e. The molecule has 1 aromatic carbocycles. The van der Waals surface area contributed by atoms with E-state index in [-0.39, 0.29) is 16.1 Å². The first kappa shape index (κ1) is 13.5. The maximum absolute atomic E-state index is 13.7. The Balaban J connectivity index is 2.60. The van der Waals surface area contributed by atoms with E-state index in [2.05, 4.69) is 4.74 Å². The molecule has 0 saturated carbocycles. The van der Waals surface area contributed by atoms with Crippen molar-refractivity contribution in [3.05, 3.63) is 40.3 Å². The molecule has 2 N–H and O–H groups in total. The number of hydrogen-bond donors (Lipinski definition) is 1. The van der Waals surface area contributed by atoms with E-state index in [1.54, 1.807) is 6.92 Å². The van der Waals surface area contributed by atoms with Crippen LogP contribution in [0.2, 0.25) is 0 Å². The van der Waals surface area contributed by atoms with Gasteiger partial charge in [-0.15, -0.1) is 11.3 Å². The number of nitrogen functional groups attached to an aromatic ring is 1. The number of rotatable bonds is 2. The van der Waals surface area contributed by atoms with E-state index in [0.717, 1.165) is 23.5 Å². The number of carbonyl (C=O) groups is 1. The molecule has 3 nitrogen and oxygen atoms in total. The number of methoxy groups -OCH3 is 1. The van der Waals surface area contributed by atoms with Crippen LogP contribution in [0, 0.1) is 18.6 Å². The van der Waals surface area contributed by atoms with Gasteiger partial charge in [0, 0.05) is 16.5 Å². The molecule has 6 heteroatoms. The maximum atomic E-state index is 13.7. The summed E-state index contributed by atoms with van der Waals surface area (Å²) in [4.78, 5) is 12.2. The van der Waals surface area contributed by atoms with Crippen LogP contribution < -0.4 is 5.73 Å². The molecule has 2 aromatic rings. The van der Waals surface area contributed by atoms with Crippen LogP contribution in [0.25, 0.3) is 10.4 Å². The Labute approximate surface area is 112 Å². The van der Waals surface area contributed by atoms with Crippen LogP contribution in [0.15, 0.2) is 18.2 Å². The van der Waals surface area contributed by atoms with Crippen LogP contribution in [0.1, 0.15) is 15.2 Å². The zero-order chi connectivity index (χ0) is 14.2. The van der Waals surface area contributed by atoms with Crippen molar-refractivity contribution in [2.45, 2.75) is 6.92 Å². The van der Waals surface area contributed by atoms with E-state index in [4.69, 9.17) is 5.73 Å². The number of esters is 1. The molecular weight excluding hydrogens is 272 g/mol. The molecule has 1 aromatic heterocycles. The lowest BCUT2D eigenvalue weighted by molar-refractivity contribution is 0.0607. The van der Waals surface area contributed by atoms with Gasteiger partial charge in [-0.3, -0.25) is 0 Å². The van der Waals surface area contributed by atoms with E-state index in [0.29, 0.717) is 10.4 Å². The zero-order valence-corrected chi connectivity index (χ0v) is 11.1. The summed E-state index contributed by atoms with van der Waals surface area (Å²) >= 11 is 1.03. The monoisotopic (exact) mass is 283 g/mol. The summed E-state index contributed by atoms with van der Waals surface area (Å²) in [6.07, 6.45) is 0. The van der Waals surface area contributed by atoms with Gasteiger partial charge in [-0.05, 0) is 24.6 Å². The fourth-order valence-corrected chi connectivity index (χ4v) is 2.87. The molecule has 0 aliphatic heterocycles. The van der Waals surface area contributed by atoms with Crippen LogP contribution in [-0.4, -0.2) is 13.1 Å².